The molecule has 4 N–H and O–H groups in total. The number of methoxy groups -OCH3 is 1. The van der Waals surface area contributed by atoms with Crippen molar-refractivity contribution in [3.63, 3.8) is 0 Å². The van der Waals surface area contributed by atoms with Crippen molar-refractivity contribution in [2.45, 2.75) is 27.3 Å². The molecule has 2 aromatic heterocycles. The van der Waals surface area contributed by atoms with Crippen LogP contribution in [0.15, 0.2) is 6.20 Å². The van der Waals surface area contributed by atoms with E-state index in [1.165, 1.54) is 0 Å². The lowest BCUT2D eigenvalue weighted by atomic mass is 10.1. The van der Waals surface area contributed by atoms with Crippen molar-refractivity contribution in [2.75, 3.05) is 18.2 Å². The zero-order chi connectivity index (χ0) is 17.1. The fourth-order valence-electron chi connectivity index (χ4n) is 2.33. The molecule has 0 saturated heterocycles. The first-order chi connectivity index (χ1) is 10.8. The van der Waals surface area contributed by atoms with Crippen LogP contribution < -0.4 is 15.8 Å². The van der Waals surface area contributed by atoms with Crippen molar-refractivity contribution in [3.8, 4) is 5.75 Å². The van der Waals surface area contributed by atoms with Gasteiger partial charge in [-0.2, -0.15) is 4.98 Å². The molecule has 2 rings (SSSR count). The van der Waals surface area contributed by atoms with E-state index in [1.54, 1.807) is 20.2 Å². The number of hydrogen-bond donors (Lipinski definition) is 3. The molecule has 2 heterocycles. The van der Waals surface area contributed by atoms with E-state index in [2.05, 4.69) is 20.3 Å². The summed E-state index contributed by atoms with van der Waals surface area (Å²) in [6.07, 6.45) is 1.76. The number of nitrogens with zero attached hydrogens (tertiary/aromatic N) is 3. The molecule has 0 saturated carbocycles. The summed E-state index contributed by atoms with van der Waals surface area (Å²) in [5.74, 6) is 1.27. The number of aromatic nitrogens is 3. The molecule has 0 unspecified atom stereocenters. The lowest BCUT2D eigenvalue weighted by Crippen LogP contribution is -2.12. The van der Waals surface area contributed by atoms with Crippen molar-refractivity contribution >= 4 is 29.1 Å². The molecule has 0 aliphatic rings. The number of aryl methyl sites for hydroxylation is 1. The van der Waals surface area contributed by atoms with Gasteiger partial charge in [0.25, 0.3) is 0 Å². The Morgan fingerprint density at radius 3 is 2.70 bits per heavy atom. The Morgan fingerprint density at radius 1 is 1.39 bits per heavy atom. The summed E-state index contributed by atoms with van der Waals surface area (Å²) in [6.45, 7) is 5.90. The van der Waals surface area contributed by atoms with Gasteiger partial charge in [-0.1, -0.05) is 11.6 Å². The highest BCUT2D eigenvalue weighted by Crippen LogP contribution is 2.26. The maximum atomic E-state index is 7.82. The summed E-state index contributed by atoms with van der Waals surface area (Å²) < 4.78 is 5.40. The highest BCUT2D eigenvalue weighted by Gasteiger charge is 2.15. The zero-order valence-electron chi connectivity index (χ0n) is 13.5. The Hall–Kier alpha value is -2.41. The van der Waals surface area contributed by atoms with Crippen LogP contribution in [0, 0.1) is 19.3 Å². The summed E-state index contributed by atoms with van der Waals surface area (Å²) in [4.78, 5) is 12.4. The molecule has 122 valence electrons. The van der Waals surface area contributed by atoms with Crippen LogP contribution in [-0.2, 0) is 6.54 Å². The van der Waals surface area contributed by atoms with Gasteiger partial charge in [-0.15, -0.1) is 0 Å². The van der Waals surface area contributed by atoms with E-state index in [1.807, 2.05) is 13.8 Å². The smallest absolute Gasteiger partial charge is 0.223 e. The quantitative estimate of drug-likeness (QED) is 0.573. The second kappa shape index (κ2) is 6.78. The van der Waals surface area contributed by atoms with Gasteiger partial charge < -0.3 is 21.2 Å². The van der Waals surface area contributed by atoms with Crippen LogP contribution in [0.1, 0.15) is 29.3 Å². The maximum absolute atomic E-state index is 7.82. The molecular formula is C15H19ClN6O. The predicted octanol–water partition coefficient (Wildman–Crippen LogP) is 2.73. The minimum atomic E-state index is 0.0497. The molecule has 0 aliphatic carbocycles. The van der Waals surface area contributed by atoms with Crippen molar-refractivity contribution < 1.29 is 4.74 Å². The largest absolute Gasteiger partial charge is 0.496 e. The standard InChI is InChI=1S/C15H19ClN6O/c1-7-5-19-10(8(2)12(7)23-4)6-20-14-11(9(3)17)13(16)21-15(18)22-14/h5,17H,6H2,1-4H3,(H3,18,20,21,22). The van der Waals surface area contributed by atoms with Crippen LogP contribution in [-0.4, -0.2) is 27.8 Å². The Morgan fingerprint density at radius 2 is 2.09 bits per heavy atom. The fraction of sp³-hybridized carbons (Fsp3) is 0.333. The molecule has 0 fully saturated rings. The van der Waals surface area contributed by atoms with E-state index >= 15 is 0 Å². The third-order valence-corrected chi connectivity index (χ3v) is 3.70. The molecule has 0 spiro atoms. The van der Waals surface area contributed by atoms with E-state index in [-0.39, 0.29) is 16.8 Å². The van der Waals surface area contributed by atoms with Crippen LogP contribution in [0.3, 0.4) is 0 Å². The van der Waals surface area contributed by atoms with Crippen LogP contribution in [0.5, 0.6) is 5.75 Å². The lowest BCUT2D eigenvalue weighted by Gasteiger charge is -2.15. The Bertz CT molecular complexity index is 762. The number of nitrogen functional groups attached to an aromatic ring is 1. The Labute approximate surface area is 139 Å². The molecule has 0 amide bonds. The third-order valence-electron chi connectivity index (χ3n) is 3.43. The number of pyridine rings is 1. The SMILES string of the molecule is COc1c(C)cnc(CNc2nc(N)nc(Cl)c2C(C)=N)c1C. The number of hydrogen-bond acceptors (Lipinski definition) is 7. The summed E-state index contributed by atoms with van der Waals surface area (Å²) in [7, 11) is 1.63. The van der Waals surface area contributed by atoms with E-state index < -0.39 is 0 Å². The normalized spacial score (nSPS) is 10.5. The first kappa shape index (κ1) is 17.0. The maximum Gasteiger partial charge on any atom is 0.223 e. The van der Waals surface area contributed by atoms with Crippen molar-refractivity contribution in [1.82, 2.24) is 15.0 Å². The van der Waals surface area contributed by atoms with Crippen LogP contribution in [0.25, 0.3) is 0 Å². The van der Waals surface area contributed by atoms with Gasteiger partial charge in [0.15, 0.2) is 0 Å². The molecule has 0 radical (unpaired) electrons. The highest BCUT2D eigenvalue weighted by molar-refractivity contribution is 6.33. The fourth-order valence-corrected chi connectivity index (χ4v) is 2.64. The van der Waals surface area contributed by atoms with Gasteiger partial charge in [-0.05, 0) is 20.8 Å². The van der Waals surface area contributed by atoms with E-state index in [0.717, 1.165) is 22.6 Å². The first-order valence-electron chi connectivity index (χ1n) is 6.96. The average Bonchev–Trinajstić information content (AvgIpc) is 2.45. The van der Waals surface area contributed by atoms with Crippen molar-refractivity contribution in [2.24, 2.45) is 0 Å². The summed E-state index contributed by atoms with van der Waals surface area (Å²) in [5, 5.41) is 11.1. The molecular weight excluding hydrogens is 316 g/mol. The molecule has 0 atom stereocenters. The van der Waals surface area contributed by atoms with Crippen molar-refractivity contribution in [1.29, 1.82) is 5.41 Å². The van der Waals surface area contributed by atoms with E-state index in [0.29, 0.717) is 17.9 Å². The van der Waals surface area contributed by atoms with Gasteiger partial charge in [0.2, 0.25) is 5.95 Å². The number of halogens is 1. The zero-order valence-corrected chi connectivity index (χ0v) is 14.2. The number of ether oxygens (including phenoxy) is 1. The van der Waals surface area contributed by atoms with Crippen LogP contribution in [0.2, 0.25) is 5.15 Å². The topological polar surface area (TPSA) is 110 Å². The molecule has 0 aliphatic heterocycles. The highest BCUT2D eigenvalue weighted by atomic mass is 35.5. The summed E-state index contributed by atoms with van der Waals surface area (Å²) in [6, 6.07) is 0. The molecule has 8 heteroatoms. The molecule has 2 aromatic rings. The van der Waals surface area contributed by atoms with E-state index in [9.17, 15) is 0 Å². The van der Waals surface area contributed by atoms with Gasteiger partial charge in [0.05, 0.1) is 24.9 Å². The number of anilines is 2. The van der Waals surface area contributed by atoms with Gasteiger partial charge in [-0.3, -0.25) is 4.98 Å². The number of nitrogens with one attached hydrogen (secondary N) is 2. The minimum Gasteiger partial charge on any atom is -0.496 e. The summed E-state index contributed by atoms with van der Waals surface area (Å²) in [5.41, 5.74) is 9.05. The van der Waals surface area contributed by atoms with Crippen LogP contribution >= 0.6 is 11.6 Å². The van der Waals surface area contributed by atoms with Gasteiger partial charge in [0.1, 0.15) is 16.7 Å². The third kappa shape index (κ3) is 3.50. The molecule has 7 nitrogen and oxygen atoms in total. The first-order valence-corrected chi connectivity index (χ1v) is 7.34. The Balaban J connectivity index is 2.34. The van der Waals surface area contributed by atoms with Crippen molar-refractivity contribution in [3.05, 3.63) is 33.7 Å². The minimum absolute atomic E-state index is 0.0497. The monoisotopic (exact) mass is 334 g/mol. The number of nitrogens with two attached hydrogens (primary N) is 1. The van der Waals surface area contributed by atoms with Gasteiger partial charge in [0, 0.05) is 23.0 Å². The molecule has 0 bridgehead atoms. The molecule has 23 heavy (non-hydrogen) atoms. The van der Waals surface area contributed by atoms with Crippen LogP contribution in [0.4, 0.5) is 11.8 Å². The number of rotatable bonds is 5. The van der Waals surface area contributed by atoms with Gasteiger partial charge in [-0.25, -0.2) is 4.98 Å². The molecule has 0 aromatic carbocycles. The second-order valence-electron chi connectivity index (χ2n) is 5.12. The lowest BCUT2D eigenvalue weighted by molar-refractivity contribution is 0.407. The second-order valence-corrected chi connectivity index (χ2v) is 5.48. The average molecular weight is 335 g/mol. The Kier molecular flexibility index (Phi) is 5.00. The van der Waals surface area contributed by atoms with E-state index in [4.69, 9.17) is 27.5 Å². The van der Waals surface area contributed by atoms with Gasteiger partial charge >= 0.3 is 0 Å². The predicted molar refractivity (Wildman–Crippen MR) is 91.5 cm³/mol. The summed E-state index contributed by atoms with van der Waals surface area (Å²) >= 11 is 6.06.